The molecule has 1 N–H and O–H groups in total. The molecule has 162 valence electrons. The summed E-state index contributed by atoms with van der Waals surface area (Å²) in [5.41, 5.74) is 0.788. The maximum atomic E-state index is 13.5. The zero-order valence-electron chi connectivity index (χ0n) is 17.1. The summed E-state index contributed by atoms with van der Waals surface area (Å²) in [5.74, 6) is -0.283. The highest BCUT2D eigenvalue weighted by Gasteiger charge is 2.30. The Morgan fingerprint density at radius 1 is 1.27 bits per heavy atom. The van der Waals surface area contributed by atoms with E-state index in [0.717, 1.165) is 47.6 Å². The van der Waals surface area contributed by atoms with Gasteiger partial charge < -0.3 is 19.9 Å². The van der Waals surface area contributed by atoms with Crippen molar-refractivity contribution < 1.29 is 18.7 Å². The summed E-state index contributed by atoms with van der Waals surface area (Å²) < 4.78 is 19.3. The summed E-state index contributed by atoms with van der Waals surface area (Å²) in [6, 6.07) is 4.71. The Morgan fingerprint density at radius 2 is 2.07 bits per heavy atom. The van der Waals surface area contributed by atoms with Gasteiger partial charge in [0.25, 0.3) is 0 Å². The fourth-order valence-electron chi connectivity index (χ4n) is 4.13. The van der Waals surface area contributed by atoms with Crippen molar-refractivity contribution in [2.75, 3.05) is 37.7 Å². The number of hydrogen-bond acceptors (Lipinski definition) is 6. The summed E-state index contributed by atoms with van der Waals surface area (Å²) in [6.45, 7) is 4.84. The van der Waals surface area contributed by atoms with Crippen LogP contribution in [0.5, 0.6) is 0 Å². The Morgan fingerprint density at radius 3 is 2.83 bits per heavy atom. The maximum absolute atomic E-state index is 13.5. The van der Waals surface area contributed by atoms with Crippen molar-refractivity contribution in [1.82, 2.24) is 15.2 Å². The van der Waals surface area contributed by atoms with Crippen LogP contribution in [-0.2, 0) is 9.53 Å². The molecule has 0 saturated carbocycles. The number of fused-ring (bicyclic) bond motifs is 1. The monoisotopic (exact) mass is 434 g/mol. The average Bonchev–Trinajstić information content (AvgIpc) is 3.18. The highest BCUT2D eigenvalue weighted by Crippen LogP contribution is 2.32. The highest BCUT2D eigenvalue weighted by atomic mass is 32.1. The average molecular weight is 435 g/mol. The predicted molar refractivity (Wildman–Crippen MR) is 114 cm³/mol. The number of halogens is 1. The summed E-state index contributed by atoms with van der Waals surface area (Å²) in [5, 5.41) is 4.02. The molecule has 2 saturated heterocycles. The third-order valence-corrected chi connectivity index (χ3v) is 6.85. The number of carbonyl (C=O) groups is 2. The Kier molecular flexibility index (Phi) is 6.36. The number of aromatic nitrogens is 1. The van der Waals surface area contributed by atoms with Gasteiger partial charge in [-0.15, -0.1) is 0 Å². The number of nitrogens with one attached hydrogen (secondary N) is 1. The number of amides is 2. The molecule has 2 fully saturated rings. The molecule has 9 heteroatoms. The van der Waals surface area contributed by atoms with Crippen molar-refractivity contribution in [3.05, 3.63) is 24.0 Å². The maximum Gasteiger partial charge on any atom is 0.409 e. The molecule has 2 aliphatic rings. The summed E-state index contributed by atoms with van der Waals surface area (Å²) in [6.07, 6.45) is 2.98. The molecule has 1 atom stereocenters. The van der Waals surface area contributed by atoms with Crippen molar-refractivity contribution in [2.45, 2.75) is 38.6 Å². The lowest BCUT2D eigenvalue weighted by Crippen LogP contribution is -2.50. The molecule has 0 spiro atoms. The first-order valence-electron chi connectivity index (χ1n) is 10.6. The molecular weight excluding hydrogens is 407 g/mol. The SMILES string of the molecule is CCOC(=O)N1CCC(NC(=O)C2CCCN(c3nc4ccc(F)cc4s3)C2)CC1. The number of ether oxygens (including phenoxy) is 1. The van der Waals surface area contributed by atoms with Crippen molar-refractivity contribution in [1.29, 1.82) is 0 Å². The molecule has 7 nitrogen and oxygen atoms in total. The van der Waals surface area contributed by atoms with Crippen LogP contribution in [0.15, 0.2) is 18.2 Å². The van der Waals surface area contributed by atoms with Crippen LogP contribution in [0.2, 0.25) is 0 Å². The van der Waals surface area contributed by atoms with E-state index in [1.54, 1.807) is 17.9 Å². The number of piperidine rings is 2. The van der Waals surface area contributed by atoms with Crippen LogP contribution in [0, 0.1) is 11.7 Å². The Hall–Kier alpha value is -2.42. The predicted octanol–water partition coefficient (Wildman–Crippen LogP) is 3.39. The van der Waals surface area contributed by atoms with E-state index in [2.05, 4.69) is 15.2 Å². The molecule has 2 aliphatic heterocycles. The first-order valence-corrected chi connectivity index (χ1v) is 11.4. The lowest BCUT2D eigenvalue weighted by atomic mass is 9.96. The number of anilines is 1. The van der Waals surface area contributed by atoms with E-state index in [4.69, 9.17) is 4.74 Å². The van der Waals surface area contributed by atoms with Gasteiger partial charge in [-0.1, -0.05) is 11.3 Å². The molecule has 3 heterocycles. The van der Waals surface area contributed by atoms with Gasteiger partial charge in [0.1, 0.15) is 5.82 Å². The second kappa shape index (κ2) is 9.16. The van der Waals surface area contributed by atoms with E-state index in [9.17, 15) is 14.0 Å². The molecular formula is C21H27FN4O3S. The van der Waals surface area contributed by atoms with Crippen LogP contribution in [-0.4, -0.2) is 60.7 Å². The van der Waals surface area contributed by atoms with Crippen LogP contribution in [0.25, 0.3) is 10.2 Å². The minimum atomic E-state index is -0.277. The van der Waals surface area contributed by atoms with Crippen molar-refractivity contribution in [2.24, 2.45) is 5.92 Å². The number of rotatable bonds is 4. The minimum absolute atomic E-state index is 0.0708. The Balaban J connectivity index is 1.32. The van der Waals surface area contributed by atoms with Gasteiger partial charge in [-0.3, -0.25) is 4.79 Å². The van der Waals surface area contributed by atoms with Crippen LogP contribution < -0.4 is 10.2 Å². The van der Waals surface area contributed by atoms with E-state index in [0.29, 0.717) is 26.2 Å². The zero-order valence-corrected chi connectivity index (χ0v) is 17.9. The van der Waals surface area contributed by atoms with Crippen LogP contribution in [0.1, 0.15) is 32.6 Å². The fourth-order valence-corrected chi connectivity index (χ4v) is 5.15. The smallest absolute Gasteiger partial charge is 0.409 e. The second-order valence-corrected chi connectivity index (χ2v) is 8.87. The van der Waals surface area contributed by atoms with Gasteiger partial charge in [0.05, 0.1) is 22.7 Å². The van der Waals surface area contributed by atoms with Gasteiger partial charge in [0.15, 0.2) is 5.13 Å². The second-order valence-electron chi connectivity index (χ2n) is 7.86. The molecule has 30 heavy (non-hydrogen) atoms. The van der Waals surface area contributed by atoms with Gasteiger partial charge >= 0.3 is 6.09 Å². The largest absolute Gasteiger partial charge is 0.450 e. The third kappa shape index (κ3) is 4.66. The van der Waals surface area contributed by atoms with Crippen molar-refractivity contribution in [3.8, 4) is 0 Å². The molecule has 4 rings (SSSR count). The van der Waals surface area contributed by atoms with E-state index in [1.807, 2.05) is 0 Å². The molecule has 1 aromatic carbocycles. The fraction of sp³-hybridized carbons (Fsp3) is 0.571. The van der Waals surface area contributed by atoms with E-state index < -0.39 is 0 Å². The summed E-state index contributed by atoms with van der Waals surface area (Å²) in [4.78, 5) is 33.1. The molecule has 0 aliphatic carbocycles. The molecule has 1 aromatic heterocycles. The van der Waals surface area contributed by atoms with Gasteiger partial charge in [0, 0.05) is 32.2 Å². The lowest BCUT2D eigenvalue weighted by Gasteiger charge is -2.35. The lowest BCUT2D eigenvalue weighted by molar-refractivity contribution is -0.126. The van der Waals surface area contributed by atoms with Gasteiger partial charge in [-0.25, -0.2) is 14.2 Å². The number of likely N-dealkylation sites (tertiary alicyclic amines) is 1. The van der Waals surface area contributed by atoms with Crippen molar-refractivity contribution >= 4 is 38.7 Å². The first kappa shape index (κ1) is 20.8. The summed E-state index contributed by atoms with van der Waals surface area (Å²) >= 11 is 1.47. The topological polar surface area (TPSA) is 74.8 Å². The number of thiazole rings is 1. The zero-order chi connectivity index (χ0) is 21.1. The van der Waals surface area contributed by atoms with E-state index in [-0.39, 0.29) is 29.8 Å². The van der Waals surface area contributed by atoms with Gasteiger partial charge in [-0.05, 0) is 50.8 Å². The number of benzene rings is 1. The number of carbonyl (C=O) groups excluding carboxylic acids is 2. The molecule has 1 unspecified atom stereocenters. The Bertz CT molecular complexity index is 913. The normalized spacial score (nSPS) is 20.4. The number of hydrogen-bond donors (Lipinski definition) is 1. The number of nitrogens with zero attached hydrogens (tertiary/aromatic N) is 3. The minimum Gasteiger partial charge on any atom is -0.450 e. The molecule has 0 bridgehead atoms. The highest BCUT2D eigenvalue weighted by molar-refractivity contribution is 7.22. The van der Waals surface area contributed by atoms with Crippen molar-refractivity contribution in [3.63, 3.8) is 0 Å². The van der Waals surface area contributed by atoms with Gasteiger partial charge in [0.2, 0.25) is 5.91 Å². The van der Waals surface area contributed by atoms with Crippen LogP contribution >= 0.6 is 11.3 Å². The molecule has 2 amide bonds. The molecule has 0 radical (unpaired) electrons. The summed E-state index contributed by atoms with van der Waals surface area (Å²) in [7, 11) is 0. The third-order valence-electron chi connectivity index (χ3n) is 5.77. The van der Waals surface area contributed by atoms with Crippen LogP contribution in [0.4, 0.5) is 14.3 Å². The van der Waals surface area contributed by atoms with E-state index in [1.165, 1.54) is 23.5 Å². The first-order chi connectivity index (χ1) is 14.5. The van der Waals surface area contributed by atoms with Crippen LogP contribution in [0.3, 0.4) is 0 Å². The molecule has 2 aromatic rings. The quantitative estimate of drug-likeness (QED) is 0.799. The standard InChI is InChI=1S/C21H27FN4O3S/c1-2-29-21(28)25-10-7-16(8-11-25)23-19(27)14-4-3-9-26(13-14)20-24-17-6-5-15(22)12-18(17)30-20/h5-6,12,14,16H,2-4,7-11,13H2,1H3,(H,23,27). The van der Waals surface area contributed by atoms with Gasteiger partial charge in [-0.2, -0.15) is 0 Å². The Labute approximate surface area is 179 Å². The van der Waals surface area contributed by atoms with E-state index >= 15 is 0 Å².